The van der Waals surface area contributed by atoms with E-state index in [-0.39, 0.29) is 5.92 Å². The van der Waals surface area contributed by atoms with Crippen molar-refractivity contribution in [1.29, 1.82) is 0 Å². The summed E-state index contributed by atoms with van der Waals surface area (Å²) in [6.45, 7) is 2.56. The molecular formula is C11H15F2N. The van der Waals surface area contributed by atoms with Crippen LogP contribution in [-0.4, -0.2) is 6.54 Å². The lowest BCUT2D eigenvalue weighted by Crippen LogP contribution is -2.09. The average molecular weight is 199 g/mol. The fourth-order valence-electron chi connectivity index (χ4n) is 1.47. The smallest absolute Gasteiger partial charge is 0.162 e. The molecule has 0 spiro atoms. The van der Waals surface area contributed by atoms with E-state index in [2.05, 4.69) is 0 Å². The molecule has 0 aromatic heterocycles. The maximum absolute atomic E-state index is 13.2. The number of hydrogen-bond donors (Lipinski definition) is 1. The number of nitrogens with two attached hydrogens (primary N) is 1. The molecule has 78 valence electrons. The van der Waals surface area contributed by atoms with Crippen molar-refractivity contribution in [3.05, 3.63) is 35.4 Å². The topological polar surface area (TPSA) is 26.0 Å². The molecule has 0 fully saturated rings. The Hall–Kier alpha value is -0.960. The van der Waals surface area contributed by atoms with Crippen molar-refractivity contribution in [2.45, 2.75) is 19.8 Å². The summed E-state index contributed by atoms with van der Waals surface area (Å²) in [7, 11) is 0. The molecule has 1 nitrogen and oxygen atoms in total. The monoisotopic (exact) mass is 199 g/mol. The summed E-state index contributed by atoms with van der Waals surface area (Å²) >= 11 is 0. The van der Waals surface area contributed by atoms with Gasteiger partial charge in [-0.3, -0.25) is 0 Å². The average Bonchev–Trinajstić information content (AvgIpc) is 2.13. The minimum absolute atomic E-state index is 0.288. The van der Waals surface area contributed by atoms with Gasteiger partial charge in [-0.15, -0.1) is 0 Å². The first-order valence-corrected chi connectivity index (χ1v) is 4.78. The molecule has 3 heteroatoms. The Morgan fingerprint density at radius 2 is 2.07 bits per heavy atom. The lowest BCUT2D eigenvalue weighted by Gasteiger charge is -2.10. The maximum Gasteiger partial charge on any atom is 0.162 e. The molecule has 0 aliphatic heterocycles. The fraction of sp³-hybridized carbons (Fsp3) is 0.455. The summed E-state index contributed by atoms with van der Waals surface area (Å²) in [5.74, 6) is -1.21. The van der Waals surface area contributed by atoms with Crippen molar-refractivity contribution in [3.8, 4) is 0 Å². The zero-order valence-corrected chi connectivity index (χ0v) is 8.26. The lowest BCUT2D eigenvalue weighted by molar-refractivity contribution is 0.475. The Morgan fingerprint density at radius 3 is 2.71 bits per heavy atom. The first kappa shape index (κ1) is 11.1. The highest BCUT2D eigenvalue weighted by Crippen LogP contribution is 2.16. The maximum atomic E-state index is 13.2. The molecule has 0 bridgehead atoms. The number of rotatable bonds is 4. The summed E-state index contributed by atoms with van der Waals surface area (Å²) in [4.78, 5) is 0. The van der Waals surface area contributed by atoms with Gasteiger partial charge in [0.1, 0.15) is 0 Å². The van der Waals surface area contributed by atoms with E-state index in [1.165, 1.54) is 6.07 Å². The van der Waals surface area contributed by atoms with Gasteiger partial charge in [-0.1, -0.05) is 19.1 Å². The number of benzene rings is 1. The van der Waals surface area contributed by atoms with Gasteiger partial charge in [0.15, 0.2) is 11.6 Å². The second-order valence-electron chi connectivity index (χ2n) is 3.60. The van der Waals surface area contributed by atoms with E-state index in [4.69, 9.17) is 5.73 Å². The molecule has 1 aromatic carbocycles. The van der Waals surface area contributed by atoms with Crippen molar-refractivity contribution in [2.24, 2.45) is 11.7 Å². The molecule has 14 heavy (non-hydrogen) atoms. The van der Waals surface area contributed by atoms with Gasteiger partial charge in [0, 0.05) is 0 Å². The molecule has 0 radical (unpaired) electrons. The molecule has 0 saturated carbocycles. The van der Waals surface area contributed by atoms with Crippen LogP contribution in [0.5, 0.6) is 0 Å². The Kier molecular flexibility index (Phi) is 4.01. The molecule has 0 amide bonds. The standard InChI is InChI=1S/C11H15F2N/c1-8(5-6-14)7-9-3-2-4-10(12)11(9)13/h2-4,8H,5-7,14H2,1H3. The predicted octanol–water partition coefficient (Wildman–Crippen LogP) is 2.49. The molecule has 0 aliphatic rings. The van der Waals surface area contributed by atoms with Crippen molar-refractivity contribution in [2.75, 3.05) is 6.54 Å². The fourth-order valence-corrected chi connectivity index (χ4v) is 1.47. The molecule has 1 aromatic rings. The summed E-state index contributed by atoms with van der Waals surface area (Å²) in [6, 6.07) is 4.28. The van der Waals surface area contributed by atoms with Crippen LogP contribution in [0.3, 0.4) is 0 Å². The first-order chi connectivity index (χ1) is 6.65. The van der Waals surface area contributed by atoms with Crippen LogP contribution >= 0.6 is 0 Å². The summed E-state index contributed by atoms with van der Waals surface area (Å²) in [6.07, 6.45) is 1.37. The van der Waals surface area contributed by atoms with Gasteiger partial charge in [-0.05, 0) is 36.9 Å². The second-order valence-corrected chi connectivity index (χ2v) is 3.60. The van der Waals surface area contributed by atoms with E-state index in [1.54, 1.807) is 6.07 Å². The largest absolute Gasteiger partial charge is 0.330 e. The van der Waals surface area contributed by atoms with Gasteiger partial charge in [0.2, 0.25) is 0 Å². The van der Waals surface area contributed by atoms with Crippen molar-refractivity contribution >= 4 is 0 Å². The predicted molar refractivity (Wildman–Crippen MR) is 52.9 cm³/mol. The molecule has 1 unspecified atom stereocenters. The van der Waals surface area contributed by atoms with E-state index in [9.17, 15) is 8.78 Å². The van der Waals surface area contributed by atoms with Crippen molar-refractivity contribution in [1.82, 2.24) is 0 Å². The molecule has 1 rings (SSSR count). The van der Waals surface area contributed by atoms with Crippen LogP contribution < -0.4 is 5.73 Å². The highest BCUT2D eigenvalue weighted by atomic mass is 19.2. The molecule has 0 heterocycles. The highest BCUT2D eigenvalue weighted by Gasteiger charge is 2.10. The number of hydrogen-bond acceptors (Lipinski definition) is 1. The first-order valence-electron chi connectivity index (χ1n) is 4.78. The van der Waals surface area contributed by atoms with Crippen LogP contribution in [0, 0.1) is 17.6 Å². The summed E-state index contributed by atoms with van der Waals surface area (Å²) in [5.41, 5.74) is 5.82. The van der Waals surface area contributed by atoms with Crippen LogP contribution in [0.25, 0.3) is 0 Å². The van der Waals surface area contributed by atoms with E-state index >= 15 is 0 Å². The zero-order valence-electron chi connectivity index (χ0n) is 8.26. The van der Waals surface area contributed by atoms with Crippen molar-refractivity contribution < 1.29 is 8.78 Å². The molecule has 1 atom stereocenters. The third kappa shape index (κ3) is 2.77. The Bertz CT molecular complexity index is 299. The Balaban J connectivity index is 2.71. The van der Waals surface area contributed by atoms with E-state index in [0.717, 1.165) is 12.5 Å². The van der Waals surface area contributed by atoms with Gasteiger partial charge in [-0.25, -0.2) is 8.78 Å². The third-order valence-electron chi connectivity index (χ3n) is 2.26. The van der Waals surface area contributed by atoms with Crippen molar-refractivity contribution in [3.63, 3.8) is 0 Å². The number of halogens is 2. The molecule has 0 aliphatic carbocycles. The van der Waals surface area contributed by atoms with Gasteiger partial charge < -0.3 is 5.73 Å². The van der Waals surface area contributed by atoms with Crippen LogP contribution in [0.4, 0.5) is 8.78 Å². The zero-order chi connectivity index (χ0) is 10.6. The van der Waals surface area contributed by atoms with Crippen LogP contribution in [-0.2, 0) is 6.42 Å². The SMILES string of the molecule is CC(CCN)Cc1cccc(F)c1F. The molecular weight excluding hydrogens is 184 g/mol. The van der Waals surface area contributed by atoms with Crippen LogP contribution in [0.15, 0.2) is 18.2 Å². The summed E-state index contributed by atoms with van der Waals surface area (Å²) < 4.78 is 26.0. The molecule has 2 N–H and O–H groups in total. The Morgan fingerprint density at radius 1 is 1.36 bits per heavy atom. The second kappa shape index (κ2) is 5.05. The van der Waals surface area contributed by atoms with Gasteiger partial charge in [0.25, 0.3) is 0 Å². The minimum atomic E-state index is -0.776. The third-order valence-corrected chi connectivity index (χ3v) is 2.26. The van der Waals surface area contributed by atoms with E-state index in [1.807, 2.05) is 6.92 Å². The molecule has 0 saturated heterocycles. The Labute approximate surface area is 82.9 Å². The lowest BCUT2D eigenvalue weighted by atomic mass is 9.98. The van der Waals surface area contributed by atoms with Gasteiger partial charge >= 0.3 is 0 Å². The van der Waals surface area contributed by atoms with Gasteiger partial charge in [0.05, 0.1) is 0 Å². The normalized spacial score (nSPS) is 12.9. The quantitative estimate of drug-likeness (QED) is 0.792. The summed E-state index contributed by atoms with van der Waals surface area (Å²) in [5, 5.41) is 0. The minimum Gasteiger partial charge on any atom is -0.330 e. The van der Waals surface area contributed by atoms with Gasteiger partial charge in [-0.2, -0.15) is 0 Å². The van der Waals surface area contributed by atoms with E-state index < -0.39 is 11.6 Å². The van der Waals surface area contributed by atoms with Crippen LogP contribution in [0.1, 0.15) is 18.9 Å². The van der Waals surface area contributed by atoms with Crippen LogP contribution in [0.2, 0.25) is 0 Å². The highest BCUT2D eigenvalue weighted by molar-refractivity contribution is 5.19. The van der Waals surface area contributed by atoms with E-state index in [0.29, 0.717) is 18.5 Å².